The zero-order chi connectivity index (χ0) is 11.4. The van der Waals surface area contributed by atoms with Crippen molar-refractivity contribution in [2.45, 2.75) is 25.7 Å². The summed E-state index contributed by atoms with van der Waals surface area (Å²) in [5, 5.41) is 18.6. The maximum atomic E-state index is 11.0. The van der Waals surface area contributed by atoms with Crippen LogP contribution in [0, 0.1) is 5.41 Å². The summed E-state index contributed by atoms with van der Waals surface area (Å²) in [6.45, 7) is 0.908. The van der Waals surface area contributed by atoms with E-state index in [9.17, 15) is 9.90 Å². The Morgan fingerprint density at radius 2 is 2.25 bits per heavy atom. The molecule has 1 aromatic heterocycles. The molecule has 1 heterocycles. The van der Waals surface area contributed by atoms with Gasteiger partial charge < -0.3 is 10.4 Å². The van der Waals surface area contributed by atoms with Gasteiger partial charge in [0.25, 0.3) is 5.56 Å². The molecule has 1 aromatic rings. The van der Waals surface area contributed by atoms with E-state index in [1.54, 1.807) is 6.20 Å². The van der Waals surface area contributed by atoms with Crippen LogP contribution in [0.15, 0.2) is 17.1 Å². The van der Waals surface area contributed by atoms with E-state index in [0.29, 0.717) is 12.2 Å². The third-order valence-corrected chi connectivity index (χ3v) is 3.33. The number of aromatic amines is 1. The molecule has 5 heteroatoms. The summed E-state index contributed by atoms with van der Waals surface area (Å²) in [5.41, 5.74) is 0.487. The van der Waals surface area contributed by atoms with Gasteiger partial charge in [-0.05, 0) is 12.8 Å². The average molecular weight is 223 g/mol. The molecule has 2 rings (SSSR count). The summed E-state index contributed by atoms with van der Waals surface area (Å²) < 4.78 is 0. The number of nitrogens with one attached hydrogen (secondary N) is 2. The zero-order valence-electron chi connectivity index (χ0n) is 9.20. The predicted molar refractivity (Wildman–Crippen MR) is 61.3 cm³/mol. The number of aliphatic hydroxyl groups excluding tert-OH is 1. The van der Waals surface area contributed by atoms with Crippen LogP contribution in [0.1, 0.15) is 25.7 Å². The number of aromatic nitrogens is 2. The second kappa shape index (κ2) is 4.65. The Labute approximate surface area is 93.9 Å². The maximum Gasteiger partial charge on any atom is 0.266 e. The van der Waals surface area contributed by atoms with Crippen LogP contribution in [-0.4, -0.2) is 28.5 Å². The van der Waals surface area contributed by atoms with Crippen LogP contribution in [0.4, 0.5) is 5.69 Å². The summed E-state index contributed by atoms with van der Waals surface area (Å²) in [5.74, 6) is 0. The van der Waals surface area contributed by atoms with E-state index in [0.717, 1.165) is 12.8 Å². The molecule has 0 bridgehead atoms. The lowest BCUT2D eigenvalue weighted by Gasteiger charge is -2.26. The maximum absolute atomic E-state index is 11.0. The average Bonchev–Trinajstić information content (AvgIpc) is 2.76. The molecule has 1 saturated carbocycles. The quantitative estimate of drug-likeness (QED) is 0.703. The third-order valence-electron chi connectivity index (χ3n) is 3.33. The first-order chi connectivity index (χ1) is 7.74. The van der Waals surface area contributed by atoms with Crippen LogP contribution in [0.2, 0.25) is 0 Å². The minimum atomic E-state index is -0.213. The van der Waals surface area contributed by atoms with Gasteiger partial charge in [0.15, 0.2) is 0 Å². The SMILES string of the molecule is O=c1cc(NCC2(CO)CCCC2)cn[nH]1. The lowest BCUT2D eigenvalue weighted by atomic mass is 9.87. The standard InChI is InChI=1S/C11H17N3O2/c15-8-11(3-1-2-4-11)7-12-9-5-10(16)14-13-6-9/h5-6,15H,1-4,7-8H2,(H2,12,14,16). The van der Waals surface area contributed by atoms with E-state index in [1.807, 2.05) is 0 Å². The van der Waals surface area contributed by atoms with Crippen molar-refractivity contribution in [3.8, 4) is 0 Å². The van der Waals surface area contributed by atoms with Crippen LogP contribution in [0.5, 0.6) is 0 Å². The predicted octanol–water partition coefficient (Wildman–Crippen LogP) is 0.734. The molecule has 16 heavy (non-hydrogen) atoms. The lowest BCUT2D eigenvalue weighted by molar-refractivity contribution is 0.142. The molecule has 0 radical (unpaired) electrons. The van der Waals surface area contributed by atoms with Gasteiger partial charge in [0.05, 0.1) is 18.5 Å². The number of H-pyrrole nitrogens is 1. The summed E-state index contributed by atoms with van der Waals surface area (Å²) in [6.07, 6.45) is 6.04. The number of hydrogen-bond acceptors (Lipinski definition) is 4. The lowest BCUT2D eigenvalue weighted by Crippen LogP contribution is -2.30. The Morgan fingerprint density at radius 3 is 2.88 bits per heavy atom. The van der Waals surface area contributed by atoms with Gasteiger partial charge in [0.1, 0.15) is 0 Å². The second-order valence-corrected chi connectivity index (χ2v) is 4.55. The van der Waals surface area contributed by atoms with E-state index in [4.69, 9.17) is 0 Å². The molecule has 0 aliphatic heterocycles. The van der Waals surface area contributed by atoms with Crippen molar-refractivity contribution in [3.63, 3.8) is 0 Å². The molecule has 1 aliphatic rings. The molecule has 0 unspecified atom stereocenters. The fourth-order valence-corrected chi connectivity index (χ4v) is 2.28. The van der Waals surface area contributed by atoms with Crippen LogP contribution >= 0.6 is 0 Å². The Morgan fingerprint density at radius 1 is 1.50 bits per heavy atom. The van der Waals surface area contributed by atoms with Crippen LogP contribution in [0.25, 0.3) is 0 Å². The minimum Gasteiger partial charge on any atom is -0.396 e. The molecule has 0 spiro atoms. The van der Waals surface area contributed by atoms with Gasteiger partial charge in [-0.3, -0.25) is 4.79 Å². The summed E-state index contributed by atoms with van der Waals surface area (Å²) in [7, 11) is 0. The Balaban J connectivity index is 1.98. The van der Waals surface area contributed by atoms with Gasteiger partial charge in [-0.25, -0.2) is 5.10 Å². The van der Waals surface area contributed by atoms with Crippen molar-refractivity contribution >= 4 is 5.69 Å². The van der Waals surface area contributed by atoms with Crippen molar-refractivity contribution in [2.75, 3.05) is 18.5 Å². The highest BCUT2D eigenvalue weighted by molar-refractivity contribution is 5.38. The topological polar surface area (TPSA) is 78.0 Å². The van der Waals surface area contributed by atoms with Crippen molar-refractivity contribution in [2.24, 2.45) is 5.41 Å². The Hall–Kier alpha value is -1.36. The molecule has 0 amide bonds. The highest BCUT2D eigenvalue weighted by atomic mass is 16.3. The van der Waals surface area contributed by atoms with E-state index >= 15 is 0 Å². The van der Waals surface area contributed by atoms with Crippen LogP contribution in [-0.2, 0) is 0 Å². The zero-order valence-corrected chi connectivity index (χ0v) is 9.20. The van der Waals surface area contributed by atoms with Crippen molar-refractivity contribution in [1.29, 1.82) is 0 Å². The molecule has 0 atom stereocenters. The van der Waals surface area contributed by atoms with Gasteiger partial charge in [0, 0.05) is 18.0 Å². The number of aliphatic hydroxyl groups is 1. The van der Waals surface area contributed by atoms with Gasteiger partial charge in [-0.2, -0.15) is 5.10 Å². The Bertz CT molecular complexity index is 396. The summed E-state index contributed by atoms with van der Waals surface area (Å²) in [4.78, 5) is 11.0. The molecule has 3 N–H and O–H groups in total. The highest BCUT2D eigenvalue weighted by Gasteiger charge is 2.32. The molecule has 0 aromatic carbocycles. The number of hydrogen-bond donors (Lipinski definition) is 3. The molecule has 5 nitrogen and oxygen atoms in total. The fraction of sp³-hybridized carbons (Fsp3) is 0.636. The smallest absolute Gasteiger partial charge is 0.266 e. The Kier molecular flexibility index (Phi) is 3.24. The molecule has 0 saturated heterocycles. The van der Waals surface area contributed by atoms with E-state index in [2.05, 4.69) is 15.5 Å². The summed E-state index contributed by atoms with van der Waals surface area (Å²) in [6, 6.07) is 1.48. The van der Waals surface area contributed by atoms with Crippen molar-refractivity contribution < 1.29 is 5.11 Å². The summed E-state index contributed by atoms with van der Waals surface area (Å²) >= 11 is 0. The first-order valence-corrected chi connectivity index (χ1v) is 5.64. The van der Waals surface area contributed by atoms with Crippen molar-refractivity contribution in [3.05, 3.63) is 22.6 Å². The number of rotatable bonds is 4. The molecular formula is C11H17N3O2. The first-order valence-electron chi connectivity index (χ1n) is 5.64. The normalized spacial score (nSPS) is 18.6. The van der Waals surface area contributed by atoms with Gasteiger partial charge in [0.2, 0.25) is 0 Å². The minimum absolute atomic E-state index is 0.0113. The third kappa shape index (κ3) is 2.41. The number of anilines is 1. The molecule has 88 valence electrons. The molecular weight excluding hydrogens is 206 g/mol. The second-order valence-electron chi connectivity index (χ2n) is 4.55. The highest BCUT2D eigenvalue weighted by Crippen LogP contribution is 2.37. The molecule has 1 fully saturated rings. The van der Waals surface area contributed by atoms with Gasteiger partial charge in [-0.15, -0.1) is 0 Å². The van der Waals surface area contributed by atoms with Crippen molar-refractivity contribution in [1.82, 2.24) is 10.2 Å². The first kappa shape index (κ1) is 11.1. The fourth-order valence-electron chi connectivity index (χ4n) is 2.28. The van der Waals surface area contributed by atoms with E-state index < -0.39 is 0 Å². The van der Waals surface area contributed by atoms with E-state index in [1.165, 1.54) is 18.9 Å². The van der Waals surface area contributed by atoms with Crippen LogP contribution in [0.3, 0.4) is 0 Å². The van der Waals surface area contributed by atoms with E-state index in [-0.39, 0.29) is 17.6 Å². The van der Waals surface area contributed by atoms with Crippen LogP contribution < -0.4 is 10.9 Å². The largest absolute Gasteiger partial charge is 0.396 e. The monoisotopic (exact) mass is 223 g/mol. The molecule has 1 aliphatic carbocycles. The van der Waals surface area contributed by atoms with Gasteiger partial charge in [-0.1, -0.05) is 12.8 Å². The van der Waals surface area contributed by atoms with Gasteiger partial charge >= 0.3 is 0 Å². The number of nitrogens with zero attached hydrogens (tertiary/aromatic N) is 1.